The summed E-state index contributed by atoms with van der Waals surface area (Å²) in [5.74, 6) is 2.43. The average Bonchev–Trinajstić information content (AvgIpc) is 2.74. The van der Waals surface area contributed by atoms with E-state index in [0.717, 1.165) is 64.1 Å². The highest BCUT2D eigenvalue weighted by molar-refractivity contribution is 5.52. The second-order valence-corrected chi connectivity index (χ2v) is 6.16. The van der Waals surface area contributed by atoms with Crippen LogP contribution >= 0.6 is 0 Å². The monoisotopic (exact) mass is 352 g/mol. The van der Waals surface area contributed by atoms with Crippen LogP contribution in [0.4, 0.5) is 17.5 Å². The number of nitriles is 1. The molecule has 9 heteroatoms. The molecule has 0 bridgehead atoms. The molecular formula is C17H20N8O. The highest BCUT2D eigenvalue weighted by Gasteiger charge is 2.22. The van der Waals surface area contributed by atoms with E-state index in [1.54, 1.807) is 12.4 Å². The van der Waals surface area contributed by atoms with E-state index in [0.29, 0.717) is 11.5 Å². The normalized spacial score (nSPS) is 17.9. The topological polar surface area (TPSA) is 94.3 Å². The van der Waals surface area contributed by atoms with E-state index >= 15 is 0 Å². The first-order valence-corrected chi connectivity index (χ1v) is 8.72. The Bertz CT molecular complexity index is 776. The predicted molar refractivity (Wildman–Crippen MR) is 96.2 cm³/mol. The van der Waals surface area contributed by atoms with Crippen LogP contribution < -0.4 is 14.7 Å². The van der Waals surface area contributed by atoms with E-state index in [-0.39, 0.29) is 0 Å². The van der Waals surface area contributed by atoms with Gasteiger partial charge in [0.2, 0.25) is 0 Å². The SMILES string of the molecule is N#Cc1nccnc1N1CCN(c2ccc(N3CCOCC3)nn2)CC1. The van der Waals surface area contributed by atoms with Crippen LogP contribution in [0.25, 0.3) is 0 Å². The van der Waals surface area contributed by atoms with E-state index in [2.05, 4.69) is 40.9 Å². The van der Waals surface area contributed by atoms with Crippen molar-refractivity contribution in [2.75, 3.05) is 67.2 Å². The van der Waals surface area contributed by atoms with Gasteiger partial charge in [-0.25, -0.2) is 9.97 Å². The van der Waals surface area contributed by atoms with E-state index in [9.17, 15) is 5.26 Å². The number of ether oxygens (including phenoxy) is 1. The summed E-state index contributed by atoms with van der Waals surface area (Å²) in [7, 11) is 0. The van der Waals surface area contributed by atoms with Crippen LogP contribution in [-0.4, -0.2) is 72.6 Å². The molecule has 4 heterocycles. The average molecular weight is 352 g/mol. The molecular weight excluding hydrogens is 332 g/mol. The van der Waals surface area contributed by atoms with Crippen LogP contribution in [0.2, 0.25) is 0 Å². The summed E-state index contributed by atoms with van der Waals surface area (Å²) in [4.78, 5) is 14.9. The van der Waals surface area contributed by atoms with Crippen LogP contribution in [0.5, 0.6) is 0 Å². The number of rotatable bonds is 3. The molecule has 0 aromatic carbocycles. The Kier molecular flexibility index (Phi) is 4.75. The summed E-state index contributed by atoms with van der Waals surface area (Å²) in [5.41, 5.74) is 0.371. The Labute approximate surface area is 151 Å². The number of aromatic nitrogens is 4. The Morgan fingerprint density at radius 3 is 2.00 bits per heavy atom. The van der Waals surface area contributed by atoms with E-state index in [1.165, 1.54) is 0 Å². The minimum absolute atomic E-state index is 0.371. The molecule has 2 aromatic rings. The van der Waals surface area contributed by atoms with Gasteiger partial charge in [-0.15, -0.1) is 10.2 Å². The van der Waals surface area contributed by atoms with Gasteiger partial charge >= 0.3 is 0 Å². The predicted octanol–water partition coefficient (Wildman–Crippen LogP) is 0.301. The van der Waals surface area contributed by atoms with Crippen LogP contribution in [0.1, 0.15) is 5.69 Å². The summed E-state index contributed by atoms with van der Waals surface area (Å²) in [6.45, 7) is 6.30. The molecule has 134 valence electrons. The molecule has 2 saturated heterocycles. The summed E-state index contributed by atoms with van der Waals surface area (Å²) in [6.07, 6.45) is 3.17. The fourth-order valence-corrected chi connectivity index (χ4v) is 3.24. The Morgan fingerprint density at radius 1 is 0.808 bits per heavy atom. The van der Waals surface area contributed by atoms with Gasteiger partial charge in [-0.1, -0.05) is 0 Å². The van der Waals surface area contributed by atoms with Gasteiger partial charge in [0.05, 0.1) is 13.2 Å². The van der Waals surface area contributed by atoms with Crippen molar-refractivity contribution in [3.05, 3.63) is 30.2 Å². The van der Waals surface area contributed by atoms with Gasteiger partial charge in [0.25, 0.3) is 0 Å². The summed E-state index contributed by atoms with van der Waals surface area (Å²) < 4.78 is 5.37. The molecule has 9 nitrogen and oxygen atoms in total. The maximum Gasteiger partial charge on any atom is 0.183 e. The van der Waals surface area contributed by atoms with Crippen LogP contribution in [0.3, 0.4) is 0 Å². The molecule has 0 unspecified atom stereocenters. The maximum atomic E-state index is 9.19. The van der Waals surface area contributed by atoms with Gasteiger partial charge in [0.15, 0.2) is 23.1 Å². The van der Waals surface area contributed by atoms with Crippen LogP contribution in [0, 0.1) is 11.3 Å². The second kappa shape index (κ2) is 7.49. The first-order valence-electron chi connectivity index (χ1n) is 8.72. The quantitative estimate of drug-likeness (QED) is 0.773. The van der Waals surface area contributed by atoms with Crippen molar-refractivity contribution in [3.8, 4) is 6.07 Å². The smallest absolute Gasteiger partial charge is 0.183 e. The van der Waals surface area contributed by atoms with Gasteiger partial charge in [0, 0.05) is 51.7 Å². The summed E-state index contributed by atoms with van der Waals surface area (Å²) in [6, 6.07) is 6.16. The Hall–Kier alpha value is -2.99. The standard InChI is InChI=1S/C17H20N8O/c18-13-14-17(20-4-3-19-14)25-7-5-23(6-8-25)15-1-2-16(22-21-15)24-9-11-26-12-10-24/h1-4H,5-12H2. The number of hydrogen-bond acceptors (Lipinski definition) is 9. The number of hydrogen-bond donors (Lipinski definition) is 0. The lowest BCUT2D eigenvalue weighted by Gasteiger charge is -2.36. The fraction of sp³-hybridized carbons (Fsp3) is 0.471. The molecule has 0 aliphatic carbocycles. The minimum atomic E-state index is 0.371. The second-order valence-electron chi connectivity index (χ2n) is 6.16. The lowest BCUT2D eigenvalue weighted by molar-refractivity contribution is 0.122. The van der Waals surface area contributed by atoms with Gasteiger partial charge in [0.1, 0.15) is 6.07 Å². The van der Waals surface area contributed by atoms with Crippen molar-refractivity contribution in [2.45, 2.75) is 0 Å². The van der Waals surface area contributed by atoms with Crippen LogP contribution in [-0.2, 0) is 4.74 Å². The molecule has 0 N–H and O–H groups in total. The molecule has 2 aliphatic rings. The van der Waals surface area contributed by atoms with Crippen molar-refractivity contribution in [2.24, 2.45) is 0 Å². The summed E-state index contributed by atoms with van der Waals surface area (Å²) in [5, 5.41) is 18.0. The van der Waals surface area contributed by atoms with Gasteiger partial charge in [-0.3, -0.25) is 0 Å². The zero-order valence-electron chi connectivity index (χ0n) is 14.5. The summed E-state index contributed by atoms with van der Waals surface area (Å²) >= 11 is 0. The number of piperazine rings is 1. The van der Waals surface area contributed by atoms with Gasteiger partial charge < -0.3 is 19.4 Å². The van der Waals surface area contributed by atoms with Crippen molar-refractivity contribution in [1.29, 1.82) is 5.26 Å². The van der Waals surface area contributed by atoms with E-state index < -0.39 is 0 Å². The first-order chi connectivity index (χ1) is 12.8. The molecule has 26 heavy (non-hydrogen) atoms. The zero-order chi connectivity index (χ0) is 17.8. The third-order valence-electron chi connectivity index (χ3n) is 4.66. The molecule has 0 radical (unpaired) electrons. The largest absolute Gasteiger partial charge is 0.378 e. The maximum absolute atomic E-state index is 9.19. The molecule has 2 aromatic heterocycles. The van der Waals surface area contributed by atoms with Crippen LogP contribution in [0.15, 0.2) is 24.5 Å². The number of nitrogens with zero attached hydrogens (tertiary/aromatic N) is 8. The van der Waals surface area contributed by atoms with Crippen molar-refractivity contribution >= 4 is 17.5 Å². The third kappa shape index (κ3) is 3.36. The lowest BCUT2D eigenvalue weighted by Crippen LogP contribution is -2.47. The highest BCUT2D eigenvalue weighted by Crippen LogP contribution is 2.20. The molecule has 0 spiro atoms. The molecule has 0 saturated carbocycles. The first kappa shape index (κ1) is 16.5. The van der Waals surface area contributed by atoms with Gasteiger partial charge in [-0.05, 0) is 12.1 Å². The number of morpholine rings is 1. The van der Waals surface area contributed by atoms with E-state index in [4.69, 9.17) is 4.74 Å². The third-order valence-corrected chi connectivity index (χ3v) is 4.66. The van der Waals surface area contributed by atoms with E-state index in [1.807, 2.05) is 12.1 Å². The minimum Gasteiger partial charge on any atom is -0.378 e. The molecule has 4 rings (SSSR count). The molecule has 0 amide bonds. The highest BCUT2D eigenvalue weighted by atomic mass is 16.5. The Balaban J connectivity index is 1.39. The lowest BCUT2D eigenvalue weighted by atomic mass is 10.3. The number of anilines is 3. The molecule has 0 atom stereocenters. The van der Waals surface area contributed by atoms with Crippen molar-refractivity contribution < 1.29 is 4.74 Å². The van der Waals surface area contributed by atoms with Crippen molar-refractivity contribution in [3.63, 3.8) is 0 Å². The molecule has 2 fully saturated rings. The van der Waals surface area contributed by atoms with Crippen molar-refractivity contribution in [1.82, 2.24) is 20.2 Å². The Morgan fingerprint density at radius 2 is 1.38 bits per heavy atom. The van der Waals surface area contributed by atoms with Gasteiger partial charge in [-0.2, -0.15) is 5.26 Å². The zero-order valence-corrected chi connectivity index (χ0v) is 14.5. The molecule has 2 aliphatic heterocycles. The fourth-order valence-electron chi connectivity index (χ4n) is 3.24.